The Bertz CT molecular complexity index is 1010. The summed E-state index contributed by atoms with van der Waals surface area (Å²) < 4.78 is 32.2. The van der Waals surface area contributed by atoms with E-state index in [1.54, 1.807) is 44.2 Å². The van der Waals surface area contributed by atoms with E-state index >= 15 is 0 Å². The van der Waals surface area contributed by atoms with Gasteiger partial charge in [0.1, 0.15) is 11.5 Å². The number of Topliss-reactive ketones (excluding diaryl/α,β-unsaturated/α-hetero) is 1. The van der Waals surface area contributed by atoms with E-state index in [9.17, 15) is 9.59 Å². The van der Waals surface area contributed by atoms with Crippen LogP contribution >= 0.6 is 0 Å². The van der Waals surface area contributed by atoms with E-state index < -0.39 is 5.97 Å². The highest BCUT2D eigenvalue weighted by atomic mass is 16.6. The summed E-state index contributed by atoms with van der Waals surface area (Å²) in [4.78, 5) is 24.4. The van der Waals surface area contributed by atoms with E-state index in [0.717, 1.165) is 0 Å². The Morgan fingerprint density at radius 1 is 1.03 bits per heavy atom. The summed E-state index contributed by atoms with van der Waals surface area (Å²) >= 11 is 0. The Balaban J connectivity index is 1.89. The number of esters is 1. The van der Waals surface area contributed by atoms with Crippen molar-refractivity contribution in [2.75, 3.05) is 34.5 Å². The van der Waals surface area contributed by atoms with Crippen LogP contribution in [0.3, 0.4) is 0 Å². The van der Waals surface area contributed by atoms with Crippen molar-refractivity contribution in [2.45, 2.75) is 13.8 Å². The zero-order chi connectivity index (χ0) is 22.5. The Labute approximate surface area is 180 Å². The second-order valence-corrected chi connectivity index (χ2v) is 6.61. The molecule has 0 N–H and O–H groups in total. The summed E-state index contributed by atoms with van der Waals surface area (Å²) in [7, 11) is 4.55. The van der Waals surface area contributed by atoms with Gasteiger partial charge in [-0.05, 0) is 49.2 Å². The van der Waals surface area contributed by atoms with Crippen LogP contribution in [0.2, 0.25) is 0 Å². The molecule has 2 aromatic carbocycles. The van der Waals surface area contributed by atoms with Gasteiger partial charge >= 0.3 is 5.97 Å². The molecule has 0 atom stereocenters. The Morgan fingerprint density at radius 2 is 1.71 bits per heavy atom. The number of ketones is 1. The van der Waals surface area contributed by atoms with Crippen molar-refractivity contribution in [3.8, 4) is 28.7 Å². The van der Waals surface area contributed by atoms with E-state index in [0.29, 0.717) is 45.4 Å². The molecule has 0 spiro atoms. The predicted octanol–water partition coefficient (Wildman–Crippen LogP) is 3.58. The molecular weight excluding hydrogens is 404 g/mol. The SMILES string of the molecule is CCOC(=O)COc1cc(C)c2c(c1)O/C(=C\c1cc(OC)c(OC)c(OC)c1)C2=O. The van der Waals surface area contributed by atoms with Gasteiger partial charge in [0, 0.05) is 6.07 Å². The van der Waals surface area contributed by atoms with E-state index in [1.807, 2.05) is 0 Å². The third-order valence-corrected chi connectivity index (χ3v) is 4.59. The summed E-state index contributed by atoms with van der Waals surface area (Å²) in [6, 6.07) is 6.70. The zero-order valence-electron chi connectivity index (χ0n) is 18.1. The van der Waals surface area contributed by atoms with Crippen molar-refractivity contribution in [1.29, 1.82) is 0 Å². The molecule has 1 heterocycles. The van der Waals surface area contributed by atoms with Crippen molar-refractivity contribution < 1.29 is 38.0 Å². The lowest BCUT2D eigenvalue weighted by Crippen LogP contribution is -2.14. The maximum atomic E-state index is 12.9. The summed E-state index contributed by atoms with van der Waals surface area (Å²) in [6.07, 6.45) is 1.60. The molecule has 0 saturated carbocycles. The summed E-state index contributed by atoms with van der Waals surface area (Å²) in [5.41, 5.74) is 1.76. The number of ether oxygens (including phenoxy) is 6. The maximum absolute atomic E-state index is 12.9. The number of carbonyl (C=O) groups excluding carboxylic acids is 2. The van der Waals surface area contributed by atoms with E-state index in [4.69, 9.17) is 28.4 Å². The van der Waals surface area contributed by atoms with Crippen molar-refractivity contribution in [3.05, 3.63) is 46.7 Å². The third-order valence-electron chi connectivity index (χ3n) is 4.59. The normalized spacial score (nSPS) is 13.5. The first-order valence-electron chi connectivity index (χ1n) is 9.59. The Kier molecular flexibility index (Phi) is 6.69. The van der Waals surface area contributed by atoms with Crippen LogP contribution in [0.25, 0.3) is 6.08 Å². The van der Waals surface area contributed by atoms with Crippen LogP contribution < -0.4 is 23.7 Å². The van der Waals surface area contributed by atoms with Gasteiger partial charge in [0.05, 0.1) is 33.5 Å². The molecule has 8 nitrogen and oxygen atoms in total. The number of allylic oxidation sites excluding steroid dienone is 1. The molecule has 1 aliphatic rings. The zero-order valence-corrected chi connectivity index (χ0v) is 18.1. The lowest BCUT2D eigenvalue weighted by molar-refractivity contribution is -0.145. The smallest absolute Gasteiger partial charge is 0.344 e. The van der Waals surface area contributed by atoms with Crippen molar-refractivity contribution in [2.24, 2.45) is 0 Å². The largest absolute Gasteiger partial charge is 0.493 e. The number of hydrogen-bond donors (Lipinski definition) is 0. The first-order chi connectivity index (χ1) is 14.9. The van der Waals surface area contributed by atoms with Crippen LogP contribution in [0, 0.1) is 6.92 Å². The van der Waals surface area contributed by atoms with E-state index in [2.05, 4.69) is 0 Å². The van der Waals surface area contributed by atoms with Crippen molar-refractivity contribution in [3.63, 3.8) is 0 Å². The monoisotopic (exact) mass is 428 g/mol. The summed E-state index contributed by atoms with van der Waals surface area (Å²) in [5, 5.41) is 0. The number of methoxy groups -OCH3 is 3. The lowest BCUT2D eigenvalue weighted by Gasteiger charge is -2.13. The molecule has 31 heavy (non-hydrogen) atoms. The van der Waals surface area contributed by atoms with Gasteiger partial charge in [0.15, 0.2) is 23.9 Å². The summed E-state index contributed by atoms with van der Waals surface area (Å²) in [6.45, 7) is 3.55. The highest BCUT2D eigenvalue weighted by Gasteiger charge is 2.30. The highest BCUT2D eigenvalue weighted by molar-refractivity contribution is 6.15. The molecule has 2 aromatic rings. The summed E-state index contributed by atoms with van der Waals surface area (Å²) in [5.74, 6) is 1.57. The van der Waals surface area contributed by atoms with Gasteiger partial charge in [-0.1, -0.05) is 0 Å². The van der Waals surface area contributed by atoms with Gasteiger partial charge in [-0.2, -0.15) is 0 Å². The predicted molar refractivity (Wildman–Crippen MR) is 112 cm³/mol. The fourth-order valence-electron chi connectivity index (χ4n) is 3.24. The molecule has 0 bridgehead atoms. The first kappa shape index (κ1) is 22.0. The molecule has 0 radical (unpaired) electrons. The maximum Gasteiger partial charge on any atom is 0.344 e. The number of rotatable bonds is 8. The number of aryl methyl sites for hydroxylation is 1. The minimum absolute atomic E-state index is 0.148. The van der Waals surface area contributed by atoms with Gasteiger partial charge in [0.25, 0.3) is 0 Å². The van der Waals surface area contributed by atoms with Crippen molar-refractivity contribution >= 4 is 17.8 Å². The van der Waals surface area contributed by atoms with Crippen LogP contribution in [0.5, 0.6) is 28.7 Å². The molecule has 0 fully saturated rings. The minimum atomic E-state index is -0.472. The van der Waals surface area contributed by atoms with Gasteiger partial charge in [0.2, 0.25) is 11.5 Å². The standard InChI is InChI=1S/C23H24O8/c1-6-29-20(24)12-30-15-7-13(2)21-16(11-15)31-17(22(21)25)8-14-9-18(26-3)23(28-5)19(10-14)27-4/h7-11H,6,12H2,1-5H3/b17-8-. The molecule has 164 valence electrons. The third kappa shape index (κ3) is 4.58. The first-order valence-corrected chi connectivity index (χ1v) is 9.59. The molecule has 8 heteroatoms. The molecule has 0 aromatic heterocycles. The average Bonchev–Trinajstić information content (AvgIpc) is 3.07. The van der Waals surface area contributed by atoms with Gasteiger partial charge < -0.3 is 28.4 Å². The molecule has 0 unspecified atom stereocenters. The second kappa shape index (κ2) is 9.42. The van der Waals surface area contributed by atoms with Crippen LogP contribution in [0.4, 0.5) is 0 Å². The quantitative estimate of drug-likeness (QED) is 0.466. The van der Waals surface area contributed by atoms with Crippen LogP contribution in [-0.2, 0) is 9.53 Å². The molecule has 0 saturated heterocycles. The Hall–Kier alpha value is -3.68. The van der Waals surface area contributed by atoms with Gasteiger partial charge in [-0.15, -0.1) is 0 Å². The molecule has 3 rings (SSSR count). The number of benzene rings is 2. The van der Waals surface area contributed by atoms with Crippen LogP contribution in [0.15, 0.2) is 30.0 Å². The number of carbonyl (C=O) groups is 2. The minimum Gasteiger partial charge on any atom is -0.493 e. The van der Waals surface area contributed by atoms with Crippen LogP contribution in [-0.4, -0.2) is 46.3 Å². The lowest BCUT2D eigenvalue weighted by atomic mass is 10.0. The molecule has 0 aliphatic carbocycles. The molecular formula is C23H24O8. The van der Waals surface area contributed by atoms with Crippen molar-refractivity contribution in [1.82, 2.24) is 0 Å². The topological polar surface area (TPSA) is 89.5 Å². The Morgan fingerprint density at radius 3 is 2.29 bits per heavy atom. The average molecular weight is 428 g/mol. The fraction of sp³-hybridized carbons (Fsp3) is 0.304. The van der Waals surface area contributed by atoms with Gasteiger partial charge in [-0.3, -0.25) is 4.79 Å². The molecule has 0 amide bonds. The number of fused-ring (bicyclic) bond motifs is 1. The molecule has 1 aliphatic heterocycles. The fourth-order valence-corrected chi connectivity index (χ4v) is 3.24. The highest BCUT2D eigenvalue weighted by Crippen LogP contribution is 2.41. The van der Waals surface area contributed by atoms with E-state index in [1.165, 1.54) is 21.3 Å². The number of hydrogen-bond acceptors (Lipinski definition) is 8. The second-order valence-electron chi connectivity index (χ2n) is 6.61. The van der Waals surface area contributed by atoms with E-state index in [-0.39, 0.29) is 24.8 Å². The van der Waals surface area contributed by atoms with Gasteiger partial charge in [-0.25, -0.2) is 4.79 Å². The van der Waals surface area contributed by atoms with Crippen LogP contribution in [0.1, 0.15) is 28.4 Å².